The van der Waals surface area contributed by atoms with Gasteiger partial charge in [0.1, 0.15) is 6.33 Å². The average molecular weight is 484 g/mol. The molecule has 26 heavy (non-hydrogen) atoms. The third-order valence-electron chi connectivity index (χ3n) is 3.99. The Morgan fingerprint density at radius 1 is 1.19 bits per heavy atom. The Kier molecular flexibility index (Phi) is 5.05. The van der Waals surface area contributed by atoms with Crippen molar-refractivity contribution in [1.82, 2.24) is 19.5 Å². The van der Waals surface area contributed by atoms with Crippen molar-refractivity contribution < 1.29 is 9.47 Å². The van der Waals surface area contributed by atoms with Crippen molar-refractivity contribution in [2.75, 3.05) is 19.1 Å². The normalized spacial score (nSPS) is 12.8. The Morgan fingerprint density at radius 3 is 2.81 bits per heavy atom. The number of hydrogen-bond donors (Lipinski definition) is 2. The number of nitrogens with zero attached hydrogens (tertiary/aromatic N) is 4. The van der Waals surface area contributed by atoms with Gasteiger partial charge in [-0.25, -0.2) is 15.0 Å². The molecule has 0 fully saturated rings. The smallest absolute Gasteiger partial charge is 0.231 e. The summed E-state index contributed by atoms with van der Waals surface area (Å²) in [7, 11) is 0. The molecule has 4 rings (SSSR count). The van der Waals surface area contributed by atoms with Crippen molar-refractivity contribution >= 4 is 51.3 Å². The zero-order valence-electron chi connectivity index (χ0n) is 13.8. The first kappa shape index (κ1) is 17.6. The van der Waals surface area contributed by atoms with Crippen LogP contribution in [0.15, 0.2) is 28.5 Å². The summed E-state index contributed by atoms with van der Waals surface area (Å²) < 4.78 is 14.1. The van der Waals surface area contributed by atoms with Gasteiger partial charge in [0, 0.05) is 15.0 Å². The second kappa shape index (κ2) is 7.45. The van der Waals surface area contributed by atoms with Gasteiger partial charge in [-0.15, -0.1) is 0 Å². The molecule has 2 aromatic heterocycles. The monoisotopic (exact) mass is 484 g/mol. The van der Waals surface area contributed by atoms with Crippen molar-refractivity contribution in [1.29, 1.82) is 0 Å². The molecule has 1 aromatic carbocycles. The highest BCUT2D eigenvalue weighted by Crippen LogP contribution is 2.41. The van der Waals surface area contributed by atoms with E-state index in [0.29, 0.717) is 17.9 Å². The molecule has 0 amide bonds. The number of anilines is 1. The highest BCUT2D eigenvalue weighted by molar-refractivity contribution is 14.1. The minimum atomic E-state index is 0.253. The second-order valence-corrected chi connectivity index (χ2v) is 7.88. The number of halogens is 1. The fourth-order valence-electron chi connectivity index (χ4n) is 2.70. The van der Waals surface area contributed by atoms with Crippen molar-refractivity contribution in [2.24, 2.45) is 5.73 Å². The maximum Gasteiger partial charge on any atom is 0.231 e. The fourth-order valence-corrected chi connectivity index (χ4v) is 4.42. The van der Waals surface area contributed by atoms with Gasteiger partial charge in [-0.05, 0) is 54.1 Å². The van der Waals surface area contributed by atoms with Gasteiger partial charge in [0.2, 0.25) is 6.79 Å². The van der Waals surface area contributed by atoms with Crippen molar-refractivity contribution in [3.63, 3.8) is 0 Å². The van der Waals surface area contributed by atoms with Gasteiger partial charge in [0.25, 0.3) is 0 Å². The second-order valence-electron chi connectivity index (χ2n) is 5.71. The van der Waals surface area contributed by atoms with Crippen LogP contribution in [0.2, 0.25) is 0 Å². The van der Waals surface area contributed by atoms with E-state index in [4.69, 9.17) is 25.9 Å². The zero-order valence-corrected chi connectivity index (χ0v) is 16.8. The SMILES string of the molecule is NCCCCn1c(Sc2cc3c(cc2I)OCO3)nc2c(N)ncnc21. The number of fused-ring (bicyclic) bond motifs is 2. The predicted octanol–water partition coefficient (Wildman–Crippen LogP) is 2.63. The first-order valence-electron chi connectivity index (χ1n) is 8.11. The van der Waals surface area contributed by atoms with E-state index in [-0.39, 0.29) is 6.79 Å². The minimum absolute atomic E-state index is 0.253. The highest BCUT2D eigenvalue weighted by Gasteiger charge is 2.20. The van der Waals surface area contributed by atoms with E-state index in [9.17, 15) is 0 Å². The summed E-state index contributed by atoms with van der Waals surface area (Å²) in [4.78, 5) is 14.2. The number of benzene rings is 1. The maximum absolute atomic E-state index is 6.00. The number of nitrogen functional groups attached to an aromatic ring is 1. The minimum Gasteiger partial charge on any atom is -0.454 e. The zero-order chi connectivity index (χ0) is 18.1. The van der Waals surface area contributed by atoms with Gasteiger partial charge in [-0.1, -0.05) is 11.8 Å². The number of rotatable bonds is 6. The molecule has 0 saturated carbocycles. The van der Waals surface area contributed by atoms with Crippen LogP contribution in [0.1, 0.15) is 12.8 Å². The van der Waals surface area contributed by atoms with Crippen LogP contribution in [0, 0.1) is 3.57 Å². The van der Waals surface area contributed by atoms with Crippen LogP contribution < -0.4 is 20.9 Å². The maximum atomic E-state index is 6.00. The topological polar surface area (TPSA) is 114 Å². The summed E-state index contributed by atoms with van der Waals surface area (Å²) in [5.41, 5.74) is 13.0. The van der Waals surface area contributed by atoms with E-state index in [1.807, 2.05) is 12.1 Å². The third-order valence-corrected chi connectivity index (χ3v) is 6.30. The van der Waals surface area contributed by atoms with E-state index < -0.39 is 0 Å². The third kappa shape index (κ3) is 3.28. The van der Waals surface area contributed by atoms with Gasteiger partial charge >= 0.3 is 0 Å². The Labute approximate surface area is 167 Å². The summed E-state index contributed by atoms with van der Waals surface area (Å²) in [5, 5.41) is 0.820. The molecule has 8 nitrogen and oxygen atoms in total. The molecule has 10 heteroatoms. The Morgan fingerprint density at radius 2 is 2.00 bits per heavy atom. The fraction of sp³-hybridized carbons (Fsp3) is 0.312. The summed E-state index contributed by atoms with van der Waals surface area (Å²) in [6, 6.07) is 3.95. The molecule has 3 aromatic rings. The summed E-state index contributed by atoms with van der Waals surface area (Å²) in [6.45, 7) is 1.68. The average Bonchev–Trinajstić information content (AvgIpc) is 3.21. The lowest BCUT2D eigenvalue weighted by Crippen LogP contribution is -2.05. The molecule has 0 saturated heterocycles. The molecular weight excluding hydrogens is 467 g/mol. The lowest BCUT2D eigenvalue weighted by molar-refractivity contribution is 0.174. The Bertz CT molecular complexity index is 964. The van der Waals surface area contributed by atoms with Crippen LogP contribution >= 0.6 is 34.4 Å². The number of unbranched alkanes of at least 4 members (excludes halogenated alkanes) is 1. The molecule has 0 atom stereocenters. The van der Waals surface area contributed by atoms with Gasteiger partial charge in [-0.2, -0.15) is 0 Å². The molecule has 0 radical (unpaired) electrons. The van der Waals surface area contributed by atoms with E-state index in [0.717, 1.165) is 50.2 Å². The standard InChI is InChI=1S/C16H17IN6O2S/c17-9-5-10-11(25-8-24-10)6-12(9)26-16-22-13-14(19)20-7-21-15(13)23(16)4-2-1-3-18/h5-7H,1-4,8,18H2,(H2,19,20,21). The number of hydrogen-bond acceptors (Lipinski definition) is 8. The summed E-state index contributed by atoms with van der Waals surface area (Å²) in [5.74, 6) is 1.90. The molecular formula is C16H17IN6O2S. The van der Waals surface area contributed by atoms with Crippen LogP contribution in [-0.2, 0) is 6.54 Å². The number of nitrogens with two attached hydrogens (primary N) is 2. The largest absolute Gasteiger partial charge is 0.454 e. The summed E-state index contributed by atoms with van der Waals surface area (Å²) >= 11 is 3.84. The van der Waals surface area contributed by atoms with Crippen LogP contribution in [-0.4, -0.2) is 32.9 Å². The highest BCUT2D eigenvalue weighted by atomic mass is 127. The van der Waals surface area contributed by atoms with Gasteiger partial charge in [0.05, 0.1) is 0 Å². The van der Waals surface area contributed by atoms with E-state index in [1.54, 1.807) is 11.8 Å². The molecule has 0 aliphatic carbocycles. The number of imidazole rings is 1. The van der Waals surface area contributed by atoms with Crippen molar-refractivity contribution in [3.05, 3.63) is 22.0 Å². The quantitative estimate of drug-likeness (QED) is 0.406. The predicted molar refractivity (Wildman–Crippen MR) is 107 cm³/mol. The molecule has 136 valence electrons. The molecule has 0 unspecified atom stereocenters. The summed E-state index contributed by atoms with van der Waals surface area (Å²) in [6.07, 6.45) is 3.35. The molecule has 0 spiro atoms. The first-order chi connectivity index (χ1) is 12.7. The van der Waals surface area contributed by atoms with Crippen LogP contribution in [0.4, 0.5) is 5.82 Å². The van der Waals surface area contributed by atoms with Gasteiger partial charge in [0.15, 0.2) is 33.6 Å². The Hall–Kier alpha value is -1.79. The molecule has 3 heterocycles. The van der Waals surface area contributed by atoms with Crippen molar-refractivity contribution in [2.45, 2.75) is 29.4 Å². The molecule has 0 bridgehead atoms. The lowest BCUT2D eigenvalue weighted by Gasteiger charge is -2.09. The van der Waals surface area contributed by atoms with Crippen LogP contribution in [0.5, 0.6) is 11.5 Å². The number of aromatic nitrogens is 4. The van der Waals surface area contributed by atoms with Crippen LogP contribution in [0.25, 0.3) is 11.2 Å². The first-order valence-corrected chi connectivity index (χ1v) is 10.0. The van der Waals surface area contributed by atoms with E-state index in [2.05, 4.69) is 37.1 Å². The molecule has 4 N–H and O–H groups in total. The number of ether oxygens (including phenoxy) is 2. The van der Waals surface area contributed by atoms with Crippen LogP contribution in [0.3, 0.4) is 0 Å². The molecule has 1 aliphatic rings. The number of aryl methyl sites for hydroxylation is 1. The molecule has 1 aliphatic heterocycles. The Balaban J connectivity index is 1.73. The van der Waals surface area contributed by atoms with Crippen molar-refractivity contribution in [3.8, 4) is 11.5 Å². The van der Waals surface area contributed by atoms with E-state index >= 15 is 0 Å². The van der Waals surface area contributed by atoms with Gasteiger partial charge < -0.3 is 25.5 Å². The van der Waals surface area contributed by atoms with Gasteiger partial charge in [-0.3, -0.25) is 0 Å². The van der Waals surface area contributed by atoms with E-state index in [1.165, 1.54) is 6.33 Å². The lowest BCUT2D eigenvalue weighted by atomic mass is 10.3.